The van der Waals surface area contributed by atoms with Gasteiger partial charge in [-0.3, -0.25) is 4.79 Å². The lowest BCUT2D eigenvalue weighted by molar-refractivity contribution is -0.140. The molecule has 0 aliphatic rings. The van der Waals surface area contributed by atoms with E-state index in [4.69, 9.17) is 4.74 Å². The Hall–Kier alpha value is 0.130. The molecule has 0 aromatic heterocycles. The molecular formula is C8H19NO2S2. The summed E-state index contributed by atoms with van der Waals surface area (Å²) in [6.45, 7) is 6.12. The third kappa shape index (κ3) is 12.1. The molecule has 1 N–H and O–H groups in total. The normalized spacial score (nSPS) is 10.0. The van der Waals surface area contributed by atoms with Crippen LogP contribution in [0.25, 0.3) is 0 Å². The van der Waals surface area contributed by atoms with Gasteiger partial charge >= 0.3 is 5.97 Å². The molecule has 0 spiro atoms. The summed E-state index contributed by atoms with van der Waals surface area (Å²) in [5.74, 6) is 1.77. The van der Waals surface area contributed by atoms with E-state index in [0.717, 1.165) is 24.6 Å². The van der Waals surface area contributed by atoms with Gasteiger partial charge in [-0.1, -0.05) is 28.5 Å². The molecule has 0 fully saturated rings. The Bertz CT molecular complexity index is 139. The predicted molar refractivity (Wildman–Crippen MR) is 62.2 cm³/mol. The molecule has 0 saturated heterocycles. The van der Waals surface area contributed by atoms with Gasteiger partial charge in [-0.15, -0.1) is 0 Å². The summed E-state index contributed by atoms with van der Waals surface area (Å²) in [6.07, 6.45) is 0. The molecule has 0 bridgehead atoms. The van der Waals surface area contributed by atoms with E-state index in [2.05, 4.69) is 12.2 Å². The number of rotatable bonds is 8. The predicted octanol–water partition coefficient (Wildman–Crippen LogP) is 1.79. The van der Waals surface area contributed by atoms with Crippen LogP contribution in [0.15, 0.2) is 0 Å². The highest BCUT2D eigenvalue weighted by atomic mass is 33.1. The van der Waals surface area contributed by atoms with E-state index in [-0.39, 0.29) is 7.40 Å². The van der Waals surface area contributed by atoms with E-state index >= 15 is 0 Å². The number of nitrogens with one attached hydrogen (secondary N) is 1. The van der Waals surface area contributed by atoms with Gasteiger partial charge < -0.3 is 10.1 Å². The fourth-order valence-electron chi connectivity index (χ4n) is 0.628. The van der Waals surface area contributed by atoms with Crippen molar-refractivity contribution in [2.75, 3.05) is 31.2 Å². The van der Waals surface area contributed by atoms with Gasteiger partial charge in [0.2, 0.25) is 0 Å². The van der Waals surface area contributed by atoms with E-state index < -0.39 is 0 Å². The molecule has 0 aromatic rings. The highest BCUT2D eigenvalue weighted by molar-refractivity contribution is 8.76. The first-order chi connectivity index (χ1) is 6.27. The molecule has 0 atom stereocenters. The lowest BCUT2D eigenvalue weighted by Gasteiger charge is -2.02. The first-order valence-electron chi connectivity index (χ1n) is 4.36. The zero-order chi connectivity index (χ0) is 9.94. The SMILES string of the molecule is CCNCCSSCCOC(C)=O.[HH]. The topological polar surface area (TPSA) is 38.3 Å². The van der Waals surface area contributed by atoms with Gasteiger partial charge in [-0.25, -0.2) is 0 Å². The Morgan fingerprint density at radius 3 is 2.77 bits per heavy atom. The average Bonchev–Trinajstić information content (AvgIpc) is 2.09. The van der Waals surface area contributed by atoms with E-state index in [9.17, 15) is 4.79 Å². The van der Waals surface area contributed by atoms with Crippen molar-refractivity contribution in [2.24, 2.45) is 0 Å². The lowest BCUT2D eigenvalue weighted by atomic mass is 10.7. The average molecular weight is 225 g/mol. The molecule has 13 heavy (non-hydrogen) atoms. The smallest absolute Gasteiger partial charge is 0.302 e. The fourth-order valence-corrected chi connectivity index (χ4v) is 2.40. The van der Waals surface area contributed by atoms with Gasteiger partial charge in [0.1, 0.15) is 6.61 Å². The Balaban J connectivity index is 0. The zero-order valence-electron chi connectivity index (χ0n) is 8.17. The van der Waals surface area contributed by atoms with Crippen LogP contribution in [0.5, 0.6) is 0 Å². The van der Waals surface area contributed by atoms with E-state index in [0.29, 0.717) is 6.61 Å². The van der Waals surface area contributed by atoms with Crippen LogP contribution in [0, 0.1) is 0 Å². The molecule has 0 amide bonds. The van der Waals surface area contributed by atoms with Crippen LogP contribution in [-0.2, 0) is 9.53 Å². The summed E-state index contributed by atoms with van der Waals surface area (Å²) in [6, 6.07) is 0. The first-order valence-corrected chi connectivity index (χ1v) is 6.84. The van der Waals surface area contributed by atoms with Gasteiger partial charge in [0.15, 0.2) is 0 Å². The number of carbonyl (C=O) groups excluding carboxylic acids is 1. The maximum absolute atomic E-state index is 10.4. The minimum Gasteiger partial charge on any atom is -0.465 e. The summed E-state index contributed by atoms with van der Waals surface area (Å²) >= 11 is 0. The maximum atomic E-state index is 10.4. The first kappa shape index (κ1) is 13.1. The molecule has 5 heteroatoms. The quantitative estimate of drug-likeness (QED) is 0.387. The van der Waals surface area contributed by atoms with Crippen LogP contribution >= 0.6 is 21.6 Å². The molecule has 3 nitrogen and oxygen atoms in total. The number of carbonyl (C=O) groups is 1. The Morgan fingerprint density at radius 1 is 1.46 bits per heavy atom. The van der Waals surface area contributed by atoms with Crippen molar-refractivity contribution < 1.29 is 11.0 Å². The minimum atomic E-state index is -0.196. The van der Waals surface area contributed by atoms with Crippen LogP contribution in [0.3, 0.4) is 0 Å². The second-order valence-electron chi connectivity index (χ2n) is 2.34. The molecular weight excluding hydrogens is 206 g/mol. The van der Waals surface area contributed by atoms with E-state index in [1.165, 1.54) is 6.92 Å². The second kappa shape index (κ2) is 10.2. The number of esters is 1. The lowest BCUT2D eigenvalue weighted by Crippen LogP contribution is -2.15. The van der Waals surface area contributed by atoms with E-state index in [1.807, 2.05) is 10.8 Å². The highest BCUT2D eigenvalue weighted by Gasteiger charge is 1.93. The van der Waals surface area contributed by atoms with Gasteiger partial charge in [-0.2, -0.15) is 0 Å². The van der Waals surface area contributed by atoms with Crippen molar-refractivity contribution in [1.29, 1.82) is 0 Å². The summed E-state index contributed by atoms with van der Waals surface area (Å²) in [5, 5.41) is 3.24. The van der Waals surface area contributed by atoms with Crippen molar-refractivity contribution >= 4 is 27.6 Å². The molecule has 80 valence electrons. The molecule has 0 aromatic carbocycles. The minimum absolute atomic E-state index is 0. The van der Waals surface area contributed by atoms with Crippen LogP contribution in [0.2, 0.25) is 0 Å². The molecule has 0 unspecified atom stereocenters. The van der Waals surface area contributed by atoms with Crippen LogP contribution in [0.1, 0.15) is 15.3 Å². The summed E-state index contributed by atoms with van der Waals surface area (Å²) in [7, 11) is 3.55. The van der Waals surface area contributed by atoms with E-state index in [1.54, 1.807) is 10.8 Å². The molecule has 0 heterocycles. The van der Waals surface area contributed by atoms with Crippen LogP contribution in [-0.4, -0.2) is 37.2 Å². The standard InChI is InChI=1S/C8H17NO2S2.H2/c1-3-9-4-6-12-13-7-5-11-8(2)10;/h9H,3-7H2,1-2H3;1H. The van der Waals surface area contributed by atoms with Crippen molar-refractivity contribution in [3.8, 4) is 0 Å². The summed E-state index contributed by atoms with van der Waals surface area (Å²) < 4.78 is 4.78. The Morgan fingerprint density at radius 2 is 2.15 bits per heavy atom. The maximum Gasteiger partial charge on any atom is 0.302 e. The Labute approximate surface area is 89.2 Å². The number of ether oxygens (including phenoxy) is 1. The van der Waals surface area contributed by atoms with Gasteiger partial charge in [0.25, 0.3) is 0 Å². The number of hydrogen-bond acceptors (Lipinski definition) is 5. The van der Waals surface area contributed by atoms with Crippen LogP contribution in [0.4, 0.5) is 0 Å². The summed E-state index contributed by atoms with van der Waals surface area (Å²) in [4.78, 5) is 10.4. The third-order valence-electron chi connectivity index (χ3n) is 1.17. The van der Waals surface area contributed by atoms with Gasteiger partial charge in [-0.05, 0) is 6.54 Å². The molecule has 0 saturated carbocycles. The monoisotopic (exact) mass is 225 g/mol. The van der Waals surface area contributed by atoms with Gasteiger partial charge in [0, 0.05) is 26.4 Å². The summed E-state index contributed by atoms with van der Waals surface area (Å²) in [5.41, 5.74) is 0. The Kier molecular flexibility index (Phi) is 10.3. The zero-order valence-corrected chi connectivity index (χ0v) is 9.80. The van der Waals surface area contributed by atoms with Crippen molar-refractivity contribution in [3.05, 3.63) is 0 Å². The van der Waals surface area contributed by atoms with Crippen LogP contribution < -0.4 is 5.32 Å². The third-order valence-corrected chi connectivity index (χ3v) is 3.54. The molecule has 0 aliphatic carbocycles. The van der Waals surface area contributed by atoms with Crippen molar-refractivity contribution in [1.82, 2.24) is 5.32 Å². The molecule has 0 radical (unpaired) electrons. The highest BCUT2D eigenvalue weighted by Crippen LogP contribution is 2.19. The van der Waals surface area contributed by atoms with Gasteiger partial charge in [0.05, 0.1) is 0 Å². The van der Waals surface area contributed by atoms with Crippen molar-refractivity contribution in [3.63, 3.8) is 0 Å². The molecule has 0 aliphatic heterocycles. The molecule has 0 rings (SSSR count). The second-order valence-corrected chi connectivity index (χ2v) is 5.04. The fraction of sp³-hybridized carbons (Fsp3) is 0.875. The number of hydrogen-bond donors (Lipinski definition) is 1. The largest absolute Gasteiger partial charge is 0.465 e. The van der Waals surface area contributed by atoms with Crippen molar-refractivity contribution in [2.45, 2.75) is 13.8 Å².